The normalized spacial score (nSPS) is 11.4. The molecule has 1 aromatic heterocycles. The lowest BCUT2D eigenvalue weighted by atomic mass is 9.99. The SMILES string of the molecule is COC(=O)c1c(-c2ccc(O)cc2)c2ccc(-c3ccc(F)cc3)cc2n1C(=O)OC(C)(C)C. The van der Waals surface area contributed by atoms with Crippen molar-refractivity contribution in [2.75, 3.05) is 7.11 Å². The molecule has 0 aliphatic rings. The van der Waals surface area contributed by atoms with Crippen LogP contribution in [0, 0.1) is 5.82 Å². The Balaban J connectivity index is 2.06. The van der Waals surface area contributed by atoms with E-state index in [2.05, 4.69) is 0 Å². The number of aromatic hydroxyl groups is 1. The monoisotopic (exact) mass is 461 g/mol. The maximum atomic E-state index is 13.4. The molecule has 0 amide bonds. The number of phenols is 1. The first-order chi connectivity index (χ1) is 16.1. The van der Waals surface area contributed by atoms with Gasteiger partial charge in [-0.05, 0) is 67.8 Å². The first-order valence-electron chi connectivity index (χ1n) is 10.6. The number of ether oxygens (including phenoxy) is 2. The summed E-state index contributed by atoms with van der Waals surface area (Å²) in [7, 11) is 1.24. The highest BCUT2D eigenvalue weighted by Gasteiger charge is 2.30. The van der Waals surface area contributed by atoms with E-state index in [0.29, 0.717) is 22.0 Å². The van der Waals surface area contributed by atoms with Gasteiger partial charge in [-0.15, -0.1) is 0 Å². The molecule has 0 atom stereocenters. The van der Waals surface area contributed by atoms with Crippen LogP contribution in [0.5, 0.6) is 5.75 Å². The van der Waals surface area contributed by atoms with Crippen molar-refractivity contribution in [3.8, 4) is 28.0 Å². The molecular formula is C27H24FNO5. The highest BCUT2D eigenvalue weighted by atomic mass is 19.1. The van der Waals surface area contributed by atoms with E-state index in [1.807, 2.05) is 6.07 Å². The zero-order valence-electron chi connectivity index (χ0n) is 19.3. The highest BCUT2D eigenvalue weighted by molar-refractivity contribution is 6.13. The number of rotatable bonds is 3. The van der Waals surface area contributed by atoms with Crippen LogP contribution in [-0.2, 0) is 9.47 Å². The van der Waals surface area contributed by atoms with Crippen molar-refractivity contribution >= 4 is 23.0 Å². The number of nitrogens with zero attached hydrogens (tertiary/aromatic N) is 1. The summed E-state index contributed by atoms with van der Waals surface area (Å²) < 4.78 is 25.3. The van der Waals surface area contributed by atoms with Crippen molar-refractivity contribution in [3.05, 3.63) is 78.2 Å². The average Bonchev–Trinajstić information content (AvgIpc) is 3.13. The van der Waals surface area contributed by atoms with Gasteiger partial charge in [0, 0.05) is 10.9 Å². The smallest absolute Gasteiger partial charge is 0.419 e. The summed E-state index contributed by atoms with van der Waals surface area (Å²) in [5.74, 6) is -1.00. The van der Waals surface area contributed by atoms with Crippen molar-refractivity contribution in [1.82, 2.24) is 4.57 Å². The Labute approximate surface area is 196 Å². The molecule has 4 rings (SSSR count). The summed E-state index contributed by atoms with van der Waals surface area (Å²) in [6, 6.07) is 17.7. The quantitative estimate of drug-likeness (QED) is 0.358. The Morgan fingerprint density at radius 2 is 1.47 bits per heavy atom. The van der Waals surface area contributed by atoms with E-state index >= 15 is 0 Å². The average molecular weight is 461 g/mol. The van der Waals surface area contributed by atoms with E-state index in [0.717, 1.165) is 11.1 Å². The summed E-state index contributed by atoms with van der Waals surface area (Å²) >= 11 is 0. The molecule has 0 unspecified atom stereocenters. The van der Waals surface area contributed by atoms with Gasteiger partial charge in [-0.25, -0.2) is 18.5 Å². The van der Waals surface area contributed by atoms with Crippen LogP contribution in [-0.4, -0.2) is 34.4 Å². The van der Waals surface area contributed by atoms with Gasteiger partial charge in [0.05, 0.1) is 12.6 Å². The Morgan fingerprint density at radius 1 is 0.882 bits per heavy atom. The molecule has 7 heteroatoms. The minimum atomic E-state index is -0.811. The molecule has 4 aromatic rings. The minimum Gasteiger partial charge on any atom is -0.508 e. The number of phenolic OH excluding ortho intramolecular Hbond substituents is 1. The maximum Gasteiger partial charge on any atom is 0.419 e. The minimum absolute atomic E-state index is 0.00805. The summed E-state index contributed by atoms with van der Waals surface area (Å²) in [6.07, 6.45) is -0.737. The molecule has 0 spiro atoms. The number of esters is 1. The standard InChI is InChI=1S/C27H24FNO5/c1-27(2,3)34-26(32)29-22-15-18(16-5-10-19(28)11-6-16)9-14-21(22)23(24(29)25(31)33-4)17-7-12-20(30)13-8-17/h5-15,30H,1-4H3. The van der Waals surface area contributed by atoms with Crippen LogP contribution in [0.4, 0.5) is 9.18 Å². The molecule has 0 saturated carbocycles. The molecule has 0 aliphatic heterocycles. The second-order valence-corrected chi connectivity index (χ2v) is 8.82. The van der Waals surface area contributed by atoms with E-state index in [9.17, 15) is 19.1 Å². The van der Waals surface area contributed by atoms with Gasteiger partial charge in [0.15, 0.2) is 0 Å². The van der Waals surface area contributed by atoms with Crippen LogP contribution >= 0.6 is 0 Å². The zero-order chi connectivity index (χ0) is 24.6. The van der Waals surface area contributed by atoms with Crippen LogP contribution in [0.15, 0.2) is 66.7 Å². The first-order valence-corrected chi connectivity index (χ1v) is 10.6. The van der Waals surface area contributed by atoms with Gasteiger partial charge in [0.1, 0.15) is 22.9 Å². The molecule has 0 saturated heterocycles. The maximum absolute atomic E-state index is 13.4. The Hall–Kier alpha value is -4.13. The topological polar surface area (TPSA) is 77.8 Å². The number of benzene rings is 3. The molecule has 1 heterocycles. The molecule has 34 heavy (non-hydrogen) atoms. The summed E-state index contributed by atoms with van der Waals surface area (Å²) in [6.45, 7) is 5.21. The fraction of sp³-hybridized carbons (Fsp3) is 0.185. The van der Waals surface area contributed by atoms with Gasteiger partial charge in [-0.3, -0.25) is 0 Å². The van der Waals surface area contributed by atoms with Gasteiger partial charge < -0.3 is 14.6 Å². The number of aromatic nitrogens is 1. The third-order valence-electron chi connectivity index (χ3n) is 5.26. The third kappa shape index (κ3) is 4.37. The number of halogens is 1. The van der Waals surface area contributed by atoms with E-state index < -0.39 is 17.7 Å². The largest absolute Gasteiger partial charge is 0.508 e. The summed E-state index contributed by atoms with van der Waals surface area (Å²) in [5.41, 5.74) is 2.18. The van der Waals surface area contributed by atoms with E-state index in [1.54, 1.807) is 57.2 Å². The predicted molar refractivity (Wildman–Crippen MR) is 127 cm³/mol. The van der Waals surface area contributed by atoms with Crippen LogP contribution in [0.2, 0.25) is 0 Å². The van der Waals surface area contributed by atoms with E-state index in [1.165, 1.54) is 35.9 Å². The van der Waals surface area contributed by atoms with Gasteiger partial charge in [0.25, 0.3) is 0 Å². The number of methoxy groups -OCH3 is 1. The lowest BCUT2D eigenvalue weighted by molar-refractivity contribution is 0.0490. The van der Waals surface area contributed by atoms with Gasteiger partial charge in [-0.1, -0.05) is 36.4 Å². The number of fused-ring (bicyclic) bond motifs is 1. The van der Waals surface area contributed by atoms with Crippen molar-refractivity contribution < 1.29 is 28.6 Å². The van der Waals surface area contributed by atoms with Crippen molar-refractivity contribution in [2.45, 2.75) is 26.4 Å². The van der Waals surface area contributed by atoms with Crippen LogP contribution < -0.4 is 0 Å². The Kier molecular flexibility index (Phi) is 5.87. The van der Waals surface area contributed by atoms with Crippen LogP contribution in [0.3, 0.4) is 0 Å². The fourth-order valence-corrected chi connectivity index (χ4v) is 3.82. The van der Waals surface area contributed by atoms with Gasteiger partial charge >= 0.3 is 12.1 Å². The Bertz CT molecular complexity index is 1380. The zero-order valence-corrected chi connectivity index (χ0v) is 19.3. The van der Waals surface area contributed by atoms with E-state index in [-0.39, 0.29) is 17.3 Å². The van der Waals surface area contributed by atoms with Crippen molar-refractivity contribution in [1.29, 1.82) is 0 Å². The number of carbonyl (C=O) groups excluding carboxylic acids is 2. The summed E-state index contributed by atoms with van der Waals surface area (Å²) in [5, 5.41) is 10.4. The molecule has 6 nitrogen and oxygen atoms in total. The van der Waals surface area contributed by atoms with Gasteiger partial charge in [-0.2, -0.15) is 0 Å². The molecule has 0 aliphatic carbocycles. The summed E-state index contributed by atoms with van der Waals surface area (Å²) in [4.78, 5) is 26.3. The molecule has 0 bridgehead atoms. The second kappa shape index (κ2) is 8.67. The first kappa shape index (κ1) is 23.0. The molecular weight excluding hydrogens is 437 g/mol. The molecule has 0 radical (unpaired) electrons. The molecule has 3 aromatic carbocycles. The van der Waals surface area contributed by atoms with Crippen molar-refractivity contribution in [3.63, 3.8) is 0 Å². The van der Waals surface area contributed by atoms with Crippen molar-refractivity contribution in [2.24, 2.45) is 0 Å². The van der Waals surface area contributed by atoms with Crippen LogP contribution in [0.25, 0.3) is 33.2 Å². The predicted octanol–water partition coefficient (Wildman–Crippen LogP) is 6.39. The highest BCUT2D eigenvalue weighted by Crippen LogP contribution is 2.38. The van der Waals surface area contributed by atoms with E-state index in [4.69, 9.17) is 9.47 Å². The fourth-order valence-electron chi connectivity index (χ4n) is 3.82. The Morgan fingerprint density at radius 3 is 2.06 bits per heavy atom. The lowest BCUT2D eigenvalue weighted by Crippen LogP contribution is -2.29. The number of hydrogen-bond acceptors (Lipinski definition) is 5. The molecule has 174 valence electrons. The molecule has 1 N–H and O–H groups in total. The lowest BCUT2D eigenvalue weighted by Gasteiger charge is -2.20. The third-order valence-corrected chi connectivity index (χ3v) is 5.26. The molecule has 0 fully saturated rings. The number of hydrogen-bond donors (Lipinski definition) is 1. The second-order valence-electron chi connectivity index (χ2n) is 8.82. The van der Waals surface area contributed by atoms with Crippen LogP contribution in [0.1, 0.15) is 31.3 Å². The van der Waals surface area contributed by atoms with Gasteiger partial charge in [0.2, 0.25) is 0 Å². The number of carbonyl (C=O) groups is 2.